The molecular weight excluding hydrogens is 402 g/mol. The summed E-state index contributed by atoms with van der Waals surface area (Å²) >= 11 is 0. The topological polar surface area (TPSA) is 66.8 Å². The van der Waals surface area contributed by atoms with Gasteiger partial charge in [-0.15, -0.1) is 0 Å². The number of phenols is 1. The summed E-state index contributed by atoms with van der Waals surface area (Å²) in [6, 6.07) is 11.9. The standard InChI is InChI=1S/C27H31NO4/c1-18(2)14-22(29)15-19(3)10-11-23-24(32-4)16-21-17-28(27(31)25(21)26(23)30)13-12-20-8-6-5-7-9-20/h5-10,14,16,30H,11-13,15,17H2,1-4H3/b19-10+. The maximum absolute atomic E-state index is 13.0. The van der Waals surface area contributed by atoms with Gasteiger partial charge in [0.25, 0.3) is 5.91 Å². The van der Waals surface area contributed by atoms with E-state index >= 15 is 0 Å². The molecule has 0 bridgehead atoms. The molecule has 0 aromatic heterocycles. The van der Waals surface area contributed by atoms with E-state index in [1.807, 2.05) is 63.2 Å². The molecule has 2 aromatic carbocycles. The summed E-state index contributed by atoms with van der Waals surface area (Å²) in [6.45, 7) is 6.72. The zero-order valence-corrected chi connectivity index (χ0v) is 19.3. The molecule has 1 aliphatic rings. The first-order chi connectivity index (χ1) is 15.3. The number of methoxy groups -OCH3 is 1. The fourth-order valence-corrected chi connectivity index (χ4v) is 4.00. The number of carbonyl (C=O) groups excluding carboxylic acids is 2. The molecule has 1 N–H and O–H groups in total. The molecule has 0 unspecified atom stereocenters. The molecule has 0 radical (unpaired) electrons. The number of ketones is 1. The first-order valence-electron chi connectivity index (χ1n) is 10.9. The van der Waals surface area contributed by atoms with E-state index in [9.17, 15) is 14.7 Å². The zero-order chi connectivity index (χ0) is 23.3. The molecule has 168 valence electrons. The van der Waals surface area contributed by atoms with Crippen molar-refractivity contribution in [3.05, 3.63) is 82.0 Å². The first kappa shape index (κ1) is 23.3. The summed E-state index contributed by atoms with van der Waals surface area (Å²) in [5.41, 5.74) is 4.75. The van der Waals surface area contributed by atoms with Crippen LogP contribution in [0.15, 0.2) is 59.7 Å². The molecule has 0 atom stereocenters. The molecule has 1 heterocycles. The number of fused-ring (bicyclic) bond motifs is 1. The van der Waals surface area contributed by atoms with Crippen LogP contribution in [0.1, 0.15) is 54.2 Å². The van der Waals surface area contributed by atoms with Gasteiger partial charge in [0.1, 0.15) is 11.5 Å². The highest BCUT2D eigenvalue weighted by Crippen LogP contribution is 2.39. The Kier molecular flexibility index (Phi) is 7.52. The van der Waals surface area contributed by atoms with Gasteiger partial charge in [-0.3, -0.25) is 9.59 Å². The summed E-state index contributed by atoms with van der Waals surface area (Å²) in [5.74, 6) is 0.426. The maximum atomic E-state index is 13.0. The molecule has 32 heavy (non-hydrogen) atoms. The van der Waals surface area contributed by atoms with Crippen LogP contribution in [0.3, 0.4) is 0 Å². The van der Waals surface area contributed by atoms with E-state index in [1.54, 1.807) is 18.1 Å². The number of aromatic hydroxyl groups is 1. The van der Waals surface area contributed by atoms with Gasteiger partial charge in [-0.1, -0.05) is 47.6 Å². The smallest absolute Gasteiger partial charge is 0.258 e. The number of amides is 1. The number of carbonyl (C=O) groups is 2. The van der Waals surface area contributed by atoms with Crippen LogP contribution in [0, 0.1) is 0 Å². The molecule has 0 saturated carbocycles. The van der Waals surface area contributed by atoms with Crippen molar-refractivity contribution in [2.24, 2.45) is 0 Å². The van der Waals surface area contributed by atoms with Crippen molar-refractivity contribution >= 4 is 11.7 Å². The van der Waals surface area contributed by atoms with Crippen LogP contribution in [0.5, 0.6) is 11.5 Å². The number of benzene rings is 2. The Balaban J connectivity index is 1.78. The number of ether oxygens (including phenoxy) is 1. The van der Waals surface area contributed by atoms with E-state index in [-0.39, 0.29) is 17.4 Å². The van der Waals surface area contributed by atoms with Gasteiger partial charge in [0.05, 0.1) is 12.7 Å². The molecule has 0 spiro atoms. The largest absolute Gasteiger partial charge is 0.507 e. The lowest BCUT2D eigenvalue weighted by atomic mass is 9.99. The third-order valence-corrected chi connectivity index (χ3v) is 5.60. The second-order valence-corrected chi connectivity index (χ2v) is 8.52. The molecule has 1 aliphatic heterocycles. The average Bonchev–Trinajstić information content (AvgIpc) is 3.07. The molecule has 5 heteroatoms. The third kappa shape index (κ3) is 5.47. The number of hydrogen-bond donors (Lipinski definition) is 1. The predicted molar refractivity (Wildman–Crippen MR) is 126 cm³/mol. The highest BCUT2D eigenvalue weighted by atomic mass is 16.5. The van der Waals surface area contributed by atoms with Gasteiger partial charge in [0.2, 0.25) is 0 Å². The number of allylic oxidation sites excluding steroid dienone is 4. The third-order valence-electron chi connectivity index (χ3n) is 5.60. The average molecular weight is 434 g/mol. The fraction of sp³-hybridized carbons (Fsp3) is 0.333. The van der Waals surface area contributed by atoms with Crippen molar-refractivity contribution in [3.8, 4) is 11.5 Å². The highest BCUT2D eigenvalue weighted by Gasteiger charge is 2.32. The lowest BCUT2D eigenvalue weighted by molar-refractivity contribution is -0.114. The molecule has 0 saturated heterocycles. The van der Waals surface area contributed by atoms with Crippen LogP contribution in [0.2, 0.25) is 0 Å². The number of rotatable bonds is 9. The number of phenolic OH excluding ortho intramolecular Hbond substituents is 1. The van der Waals surface area contributed by atoms with Crippen LogP contribution in [0.25, 0.3) is 0 Å². The van der Waals surface area contributed by atoms with Crippen molar-refractivity contribution in [3.63, 3.8) is 0 Å². The number of hydrogen-bond acceptors (Lipinski definition) is 4. The quantitative estimate of drug-likeness (QED) is 0.446. The van der Waals surface area contributed by atoms with Crippen molar-refractivity contribution in [2.75, 3.05) is 13.7 Å². The fourth-order valence-electron chi connectivity index (χ4n) is 4.00. The Morgan fingerprint density at radius 1 is 1.19 bits per heavy atom. The monoisotopic (exact) mass is 433 g/mol. The zero-order valence-electron chi connectivity index (χ0n) is 19.3. The van der Waals surface area contributed by atoms with Gasteiger partial charge in [0.15, 0.2) is 5.78 Å². The minimum Gasteiger partial charge on any atom is -0.507 e. The highest BCUT2D eigenvalue weighted by molar-refractivity contribution is 6.01. The van der Waals surface area contributed by atoms with E-state index in [0.29, 0.717) is 42.8 Å². The van der Waals surface area contributed by atoms with Gasteiger partial charge in [-0.05, 0) is 56.9 Å². The minimum atomic E-state index is -0.156. The van der Waals surface area contributed by atoms with Gasteiger partial charge in [0, 0.05) is 25.1 Å². The van der Waals surface area contributed by atoms with E-state index in [4.69, 9.17) is 4.74 Å². The van der Waals surface area contributed by atoms with Gasteiger partial charge in [-0.2, -0.15) is 0 Å². The van der Waals surface area contributed by atoms with Crippen molar-refractivity contribution in [1.29, 1.82) is 0 Å². The Morgan fingerprint density at radius 3 is 2.56 bits per heavy atom. The number of nitrogens with zero attached hydrogens (tertiary/aromatic N) is 1. The Labute approximate surface area is 190 Å². The second kappa shape index (κ2) is 10.3. The van der Waals surface area contributed by atoms with Crippen LogP contribution in [-0.4, -0.2) is 35.4 Å². The molecule has 2 aromatic rings. The van der Waals surface area contributed by atoms with E-state index < -0.39 is 0 Å². The van der Waals surface area contributed by atoms with Crippen LogP contribution >= 0.6 is 0 Å². The molecule has 1 amide bonds. The lowest BCUT2D eigenvalue weighted by Crippen LogP contribution is -2.26. The van der Waals surface area contributed by atoms with E-state index in [2.05, 4.69) is 0 Å². The Hall–Kier alpha value is -3.34. The van der Waals surface area contributed by atoms with Crippen LogP contribution in [-0.2, 0) is 24.2 Å². The molecule has 0 fully saturated rings. The summed E-state index contributed by atoms with van der Waals surface area (Å²) in [6.07, 6.45) is 5.01. The normalized spacial score (nSPS) is 13.2. The lowest BCUT2D eigenvalue weighted by Gasteiger charge is -2.15. The van der Waals surface area contributed by atoms with Crippen molar-refractivity contribution in [2.45, 2.75) is 46.6 Å². The first-order valence-corrected chi connectivity index (χ1v) is 10.9. The van der Waals surface area contributed by atoms with Crippen LogP contribution in [0.4, 0.5) is 0 Å². The summed E-state index contributed by atoms with van der Waals surface area (Å²) in [7, 11) is 1.56. The van der Waals surface area contributed by atoms with E-state index in [1.165, 1.54) is 5.56 Å². The van der Waals surface area contributed by atoms with Crippen LogP contribution < -0.4 is 4.74 Å². The molecular formula is C27H31NO4. The molecule has 0 aliphatic carbocycles. The van der Waals surface area contributed by atoms with Crippen molar-refractivity contribution in [1.82, 2.24) is 4.90 Å². The van der Waals surface area contributed by atoms with Gasteiger partial charge >= 0.3 is 0 Å². The Bertz CT molecular complexity index is 1060. The second-order valence-electron chi connectivity index (χ2n) is 8.52. The van der Waals surface area contributed by atoms with E-state index in [0.717, 1.165) is 23.1 Å². The predicted octanol–water partition coefficient (Wildman–Crippen LogP) is 5.01. The maximum Gasteiger partial charge on any atom is 0.258 e. The summed E-state index contributed by atoms with van der Waals surface area (Å²) in [5, 5.41) is 11.0. The summed E-state index contributed by atoms with van der Waals surface area (Å²) < 4.78 is 5.52. The Morgan fingerprint density at radius 2 is 1.91 bits per heavy atom. The molecule has 5 nitrogen and oxygen atoms in total. The van der Waals surface area contributed by atoms with Gasteiger partial charge < -0.3 is 14.7 Å². The summed E-state index contributed by atoms with van der Waals surface area (Å²) in [4.78, 5) is 26.8. The van der Waals surface area contributed by atoms with Gasteiger partial charge in [-0.25, -0.2) is 0 Å². The minimum absolute atomic E-state index is 0.0220. The SMILES string of the molecule is COc1cc2c(c(O)c1C/C=C(\C)CC(=O)C=C(C)C)C(=O)N(CCc1ccccc1)C2. The molecule has 3 rings (SSSR count). The van der Waals surface area contributed by atoms with Crippen molar-refractivity contribution < 1.29 is 19.4 Å².